The van der Waals surface area contributed by atoms with Gasteiger partial charge in [-0.25, -0.2) is 0 Å². The van der Waals surface area contributed by atoms with Gasteiger partial charge in [0, 0.05) is 22.8 Å². The summed E-state index contributed by atoms with van der Waals surface area (Å²) >= 11 is 1.74. The largest absolute Gasteiger partial charge is 0.368 e. The number of piperidine rings is 1. The second-order valence-corrected chi connectivity index (χ2v) is 5.94. The third kappa shape index (κ3) is 2.89. The Hall–Kier alpha value is -1.38. The van der Waals surface area contributed by atoms with Crippen molar-refractivity contribution in [2.75, 3.05) is 6.54 Å². The Morgan fingerprint density at radius 3 is 3.00 bits per heavy atom. The monoisotopic (exact) mass is 262 g/mol. The summed E-state index contributed by atoms with van der Waals surface area (Å²) < 4.78 is 0. The maximum absolute atomic E-state index is 11.5. The Morgan fingerprint density at radius 2 is 2.44 bits per heavy atom. The second-order valence-electron chi connectivity index (χ2n) is 4.57. The van der Waals surface area contributed by atoms with Crippen LogP contribution >= 0.6 is 11.3 Å². The molecule has 0 aromatic carbocycles. The van der Waals surface area contributed by atoms with Crippen LogP contribution in [0.4, 0.5) is 0 Å². The number of nitriles is 1. The van der Waals surface area contributed by atoms with E-state index in [4.69, 9.17) is 11.0 Å². The molecule has 0 bridgehead atoms. The van der Waals surface area contributed by atoms with E-state index in [9.17, 15) is 4.79 Å². The highest BCUT2D eigenvalue weighted by molar-refractivity contribution is 7.11. The number of primary amides is 1. The van der Waals surface area contributed by atoms with Crippen molar-refractivity contribution in [2.45, 2.75) is 32.4 Å². The van der Waals surface area contributed by atoms with Crippen molar-refractivity contribution in [2.24, 2.45) is 5.73 Å². The molecule has 2 N–H and O–H groups in total. The fraction of sp³-hybridized carbons (Fsp3) is 0.462. The van der Waals surface area contributed by atoms with Crippen LogP contribution in [0.2, 0.25) is 0 Å². The van der Waals surface area contributed by atoms with E-state index in [2.05, 4.69) is 30.0 Å². The fourth-order valence-corrected chi connectivity index (χ4v) is 3.16. The third-order valence-corrected chi connectivity index (χ3v) is 4.21. The van der Waals surface area contributed by atoms with Gasteiger partial charge < -0.3 is 5.73 Å². The molecule has 1 unspecified atom stereocenters. The van der Waals surface area contributed by atoms with Gasteiger partial charge in [0.15, 0.2) is 0 Å². The van der Waals surface area contributed by atoms with Crippen LogP contribution < -0.4 is 5.73 Å². The van der Waals surface area contributed by atoms with Crippen LogP contribution in [-0.2, 0) is 11.3 Å². The highest BCUT2D eigenvalue weighted by Crippen LogP contribution is 2.27. The van der Waals surface area contributed by atoms with Gasteiger partial charge in [-0.15, -0.1) is 11.3 Å². The number of likely N-dealkylation sites (tertiary alicyclic amines) is 1. The Labute approximate surface area is 111 Å². The van der Waals surface area contributed by atoms with Crippen molar-refractivity contribution in [1.29, 1.82) is 5.26 Å². The maximum atomic E-state index is 11.5. The van der Waals surface area contributed by atoms with Crippen molar-refractivity contribution in [3.05, 3.63) is 27.8 Å². The van der Waals surface area contributed by atoms with E-state index in [0.717, 1.165) is 25.4 Å². The highest BCUT2D eigenvalue weighted by atomic mass is 32.1. The molecule has 5 heteroatoms. The molecule has 0 saturated carbocycles. The molecule has 1 amide bonds. The number of aryl methyl sites for hydroxylation is 1. The molecule has 1 radical (unpaired) electrons. The van der Waals surface area contributed by atoms with E-state index in [1.165, 1.54) is 9.75 Å². The van der Waals surface area contributed by atoms with Crippen LogP contribution in [-0.4, -0.2) is 23.4 Å². The SMILES string of the molecule is Cc1ccc(CN2CC[C](C#N)CC2C(N)=O)s1. The first kappa shape index (κ1) is 13.1. The predicted octanol–water partition coefficient (Wildman–Crippen LogP) is 1.60. The number of thiophene rings is 1. The van der Waals surface area contributed by atoms with E-state index in [1.54, 1.807) is 11.3 Å². The van der Waals surface area contributed by atoms with Crippen molar-refractivity contribution < 1.29 is 4.79 Å². The first-order valence-electron chi connectivity index (χ1n) is 5.93. The topological polar surface area (TPSA) is 70.1 Å². The molecule has 1 aromatic rings. The van der Waals surface area contributed by atoms with E-state index in [-0.39, 0.29) is 11.9 Å². The second kappa shape index (κ2) is 5.51. The molecule has 2 heterocycles. The number of rotatable bonds is 3. The van der Waals surface area contributed by atoms with Crippen molar-refractivity contribution in [3.63, 3.8) is 0 Å². The minimum absolute atomic E-state index is 0.337. The van der Waals surface area contributed by atoms with Gasteiger partial charge >= 0.3 is 0 Å². The molecule has 1 atom stereocenters. The Kier molecular flexibility index (Phi) is 4.00. The van der Waals surface area contributed by atoms with Gasteiger partial charge in [0.2, 0.25) is 5.91 Å². The summed E-state index contributed by atoms with van der Waals surface area (Å²) in [6.45, 7) is 3.54. The molecule has 1 aliphatic heterocycles. The molecule has 0 spiro atoms. The number of carbonyl (C=O) groups is 1. The molecule has 4 nitrogen and oxygen atoms in total. The molecule has 0 aliphatic carbocycles. The summed E-state index contributed by atoms with van der Waals surface area (Å²) in [5, 5.41) is 8.91. The van der Waals surface area contributed by atoms with E-state index >= 15 is 0 Å². The number of hydrogen-bond donors (Lipinski definition) is 1. The third-order valence-electron chi connectivity index (χ3n) is 3.22. The number of carbonyl (C=O) groups excluding carboxylic acids is 1. The van der Waals surface area contributed by atoms with Crippen LogP contribution in [0.15, 0.2) is 12.1 Å². The van der Waals surface area contributed by atoms with Gasteiger partial charge in [-0.3, -0.25) is 9.69 Å². The normalized spacial score (nSPS) is 21.7. The van der Waals surface area contributed by atoms with E-state index in [0.29, 0.717) is 6.42 Å². The van der Waals surface area contributed by atoms with Crippen LogP contribution in [0.3, 0.4) is 0 Å². The predicted molar refractivity (Wildman–Crippen MR) is 70.5 cm³/mol. The first-order valence-corrected chi connectivity index (χ1v) is 6.75. The van der Waals surface area contributed by atoms with Crippen LogP contribution in [0.5, 0.6) is 0 Å². The van der Waals surface area contributed by atoms with E-state index in [1.807, 2.05) is 0 Å². The Bertz CT molecular complexity index is 477. The lowest BCUT2D eigenvalue weighted by Crippen LogP contribution is -2.48. The molecule has 2 rings (SSSR count). The summed E-state index contributed by atoms with van der Waals surface area (Å²) in [6, 6.07) is 5.99. The molecule has 1 fully saturated rings. The summed E-state index contributed by atoms with van der Waals surface area (Å²) in [7, 11) is 0. The summed E-state index contributed by atoms with van der Waals surface area (Å²) in [5.41, 5.74) is 5.43. The summed E-state index contributed by atoms with van der Waals surface area (Å²) in [6.07, 6.45) is 1.22. The average molecular weight is 262 g/mol. The number of nitrogens with zero attached hydrogens (tertiary/aromatic N) is 2. The smallest absolute Gasteiger partial charge is 0.234 e. The van der Waals surface area contributed by atoms with Crippen molar-refractivity contribution in [3.8, 4) is 6.07 Å². The fourth-order valence-electron chi connectivity index (χ4n) is 2.24. The Morgan fingerprint density at radius 1 is 1.67 bits per heavy atom. The van der Waals surface area contributed by atoms with Gasteiger partial charge in [0.25, 0.3) is 0 Å². The van der Waals surface area contributed by atoms with Gasteiger partial charge in [-0.2, -0.15) is 5.26 Å². The first-order chi connectivity index (χ1) is 8.60. The minimum Gasteiger partial charge on any atom is -0.368 e. The molecular weight excluding hydrogens is 246 g/mol. The zero-order chi connectivity index (χ0) is 13.1. The van der Waals surface area contributed by atoms with Gasteiger partial charge in [0.05, 0.1) is 18.0 Å². The molecule has 1 aliphatic rings. The standard InChI is InChI=1S/C13H16N3OS/c1-9-2-3-11(18-9)8-16-5-4-10(7-14)6-12(16)13(15)17/h2-3,12H,4-6,8H2,1H3,(H2,15,17). The van der Waals surface area contributed by atoms with Gasteiger partial charge in [-0.05, 0) is 31.9 Å². The molecular formula is C13H16N3OS. The number of amides is 1. The zero-order valence-corrected chi connectivity index (χ0v) is 11.2. The molecule has 18 heavy (non-hydrogen) atoms. The van der Waals surface area contributed by atoms with Crippen LogP contribution in [0.1, 0.15) is 22.6 Å². The lowest BCUT2D eigenvalue weighted by molar-refractivity contribution is -0.124. The molecule has 1 aromatic heterocycles. The number of nitrogens with two attached hydrogens (primary N) is 1. The Balaban J connectivity index is 2.07. The quantitative estimate of drug-likeness (QED) is 0.899. The number of hydrogen-bond acceptors (Lipinski definition) is 4. The maximum Gasteiger partial charge on any atom is 0.234 e. The lowest BCUT2D eigenvalue weighted by Gasteiger charge is -2.34. The zero-order valence-electron chi connectivity index (χ0n) is 10.3. The van der Waals surface area contributed by atoms with Crippen molar-refractivity contribution in [1.82, 2.24) is 4.90 Å². The molecule has 95 valence electrons. The molecule has 1 saturated heterocycles. The van der Waals surface area contributed by atoms with Crippen LogP contribution in [0.25, 0.3) is 0 Å². The van der Waals surface area contributed by atoms with Crippen LogP contribution in [0, 0.1) is 24.2 Å². The van der Waals surface area contributed by atoms with Gasteiger partial charge in [0.1, 0.15) is 0 Å². The summed E-state index contributed by atoms with van der Waals surface area (Å²) in [4.78, 5) is 16.1. The highest BCUT2D eigenvalue weighted by Gasteiger charge is 2.32. The lowest BCUT2D eigenvalue weighted by atomic mass is 9.91. The summed E-state index contributed by atoms with van der Waals surface area (Å²) in [5.74, 6) is 0.438. The van der Waals surface area contributed by atoms with Gasteiger partial charge in [-0.1, -0.05) is 0 Å². The average Bonchev–Trinajstić information content (AvgIpc) is 2.75. The van der Waals surface area contributed by atoms with E-state index < -0.39 is 0 Å². The van der Waals surface area contributed by atoms with Crippen molar-refractivity contribution >= 4 is 17.2 Å². The minimum atomic E-state index is -0.337.